The summed E-state index contributed by atoms with van der Waals surface area (Å²) < 4.78 is 21.2. The molecule has 0 saturated heterocycles. The van der Waals surface area contributed by atoms with Gasteiger partial charge in [0.15, 0.2) is 22.4 Å². The predicted molar refractivity (Wildman–Crippen MR) is 176 cm³/mol. The maximum atomic E-state index is 12.7. The number of carbonyl (C=O) groups excluding carboxylic acids is 2. The van der Waals surface area contributed by atoms with E-state index >= 15 is 0 Å². The fourth-order valence-corrected chi connectivity index (χ4v) is 6.30. The molecule has 1 atom stereocenters. The van der Waals surface area contributed by atoms with Crippen LogP contribution in [0.5, 0.6) is 17.2 Å². The lowest BCUT2D eigenvalue weighted by molar-refractivity contribution is -0.127. The zero-order valence-electron chi connectivity index (χ0n) is 24.5. The molecule has 0 radical (unpaired) electrons. The third-order valence-corrected chi connectivity index (χ3v) is 8.35. The van der Waals surface area contributed by atoms with Crippen LogP contribution in [0.15, 0.2) is 42.5 Å². The molecule has 1 amide bonds. The number of thioether (sulfide) groups is 3. The minimum absolute atomic E-state index is 0.00267. The molecule has 2 aromatic carbocycles. The summed E-state index contributed by atoms with van der Waals surface area (Å²) in [5, 5.41) is 35.4. The molecule has 0 aliphatic rings. The molecule has 0 aliphatic carbocycles. The Morgan fingerprint density at radius 2 is 1.51 bits per heavy atom. The van der Waals surface area contributed by atoms with Crippen molar-refractivity contribution in [1.82, 2.24) is 5.32 Å². The smallest absolute Gasteiger partial charge is 0.230 e. The molecule has 11 nitrogen and oxygen atoms in total. The Hall–Kier alpha value is -3.33. The van der Waals surface area contributed by atoms with Crippen LogP contribution in [0.3, 0.4) is 0 Å². The SMILES string of the molecule is COc1cccc(C(OC)C(=O)CC(=N)SC(=N)CCSCCC(=N)SC(=N)NC(=O)Cc2cccc(OC)c2OC)c1. The minimum Gasteiger partial charge on any atom is -0.497 e. The summed E-state index contributed by atoms with van der Waals surface area (Å²) in [6, 6.07) is 12.3. The molecule has 0 aromatic heterocycles. The zero-order valence-corrected chi connectivity index (χ0v) is 27.0. The average Bonchev–Trinajstić information content (AvgIpc) is 2.96. The number of ketones is 1. The first-order valence-electron chi connectivity index (χ1n) is 13.0. The van der Waals surface area contributed by atoms with Crippen molar-refractivity contribution in [3.63, 3.8) is 0 Å². The van der Waals surface area contributed by atoms with Gasteiger partial charge in [0.05, 0.1) is 49.3 Å². The largest absolute Gasteiger partial charge is 0.497 e. The Morgan fingerprint density at radius 1 is 0.837 bits per heavy atom. The quantitative estimate of drug-likeness (QED) is 0.0885. The number of methoxy groups -OCH3 is 4. The number of ether oxygens (including phenoxy) is 4. The van der Waals surface area contributed by atoms with Crippen molar-refractivity contribution in [2.45, 2.75) is 31.8 Å². The van der Waals surface area contributed by atoms with Gasteiger partial charge in [0.2, 0.25) is 5.91 Å². The lowest BCUT2D eigenvalue weighted by Crippen LogP contribution is -2.30. The maximum Gasteiger partial charge on any atom is 0.230 e. The normalized spacial score (nSPS) is 11.3. The fourth-order valence-electron chi connectivity index (χ4n) is 3.81. The summed E-state index contributed by atoms with van der Waals surface area (Å²) in [6.07, 6.45) is -0.127. The highest BCUT2D eigenvalue weighted by Crippen LogP contribution is 2.31. The molecule has 5 N–H and O–H groups in total. The molecule has 0 aliphatic heterocycles. The molecular weight excluding hydrogens is 611 g/mol. The highest BCUT2D eigenvalue weighted by molar-refractivity contribution is 8.26. The Kier molecular flexibility index (Phi) is 15.9. The Labute approximate surface area is 264 Å². The van der Waals surface area contributed by atoms with E-state index in [4.69, 9.17) is 40.6 Å². The van der Waals surface area contributed by atoms with E-state index in [2.05, 4.69) is 5.32 Å². The Morgan fingerprint density at radius 3 is 2.14 bits per heavy atom. The molecular formula is C29H37N5O6S3. The molecule has 1 unspecified atom stereocenters. The lowest BCUT2D eigenvalue weighted by Gasteiger charge is -2.15. The van der Waals surface area contributed by atoms with Crippen molar-refractivity contribution in [3.05, 3.63) is 53.6 Å². The number of nitrogens with one attached hydrogen (secondary N) is 5. The van der Waals surface area contributed by atoms with Gasteiger partial charge in [-0.2, -0.15) is 11.8 Å². The molecule has 2 aromatic rings. The van der Waals surface area contributed by atoms with Gasteiger partial charge in [-0.25, -0.2) is 0 Å². The highest BCUT2D eigenvalue weighted by Gasteiger charge is 2.22. The van der Waals surface area contributed by atoms with Gasteiger partial charge in [-0.15, -0.1) is 0 Å². The summed E-state index contributed by atoms with van der Waals surface area (Å²) >= 11 is 3.39. The maximum absolute atomic E-state index is 12.7. The minimum atomic E-state index is -0.819. The monoisotopic (exact) mass is 647 g/mol. The van der Waals surface area contributed by atoms with Gasteiger partial charge >= 0.3 is 0 Å². The molecule has 0 spiro atoms. The van der Waals surface area contributed by atoms with Crippen LogP contribution < -0.4 is 19.5 Å². The first-order valence-corrected chi connectivity index (χ1v) is 15.8. The van der Waals surface area contributed by atoms with Crippen LogP contribution in [0.2, 0.25) is 0 Å². The standard InChI is InChI=1S/C29H37N5O6S3/c1-37-20-9-5-7-18(15-20)27(39-3)21(35)17-25(32)42-23(30)11-13-41-14-12-24(31)43-29(33)34-26(36)16-19-8-6-10-22(38-2)28(19)40-4/h5-10,15,27,30-32H,11-14,16-17H2,1-4H3,(H2,33,34,36). The van der Waals surface area contributed by atoms with Crippen molar-refractivity contribution >= 4 is 67.3 Å². The molecule has 0 saturated carbocycles. The second-order valence-corrected chi connectivity index (χ2v) is 12.3. The van der Waals surface area contributed by atoms with E-state index in [1.54, 1.807) is 61.3 Å². The molecule has 0 heterocycles. The zero-order chi connectivity index (χ0) is 31.8. The average molecular weight is 648 g/mol. The Bertz CT molecular complexity index is 1320. The van der Waals surface area contributed by atoms with Crippen LogP contribution in [0.25, 0.3) is 0 Å². The van der Waals surface area contributed by atoms with E-state index in [1.807, 2.05) is 0 Å². The van der Waals surface area contributed by atoms with Gasteiger partial charge < -0.3 is 24.3 Å². The second kappa shape index (κ2) is 19.1. The number of Topliss-reactive ketones (excluding diaryl/α,β-unsaturated/α-hetero) is 1. The molecule has 232 valence electrons. The van der Waals surface area contributed by atoms with E-state index in [-0.39, 0.29) is 38.9 Å². The number of benzene rings is 2. The molecule has 0 fully saturated rings. The van der Waals surface area contributed by atoms with E-state index in [9.17, 15) is 9.59 Å². The van der Waals surface area contributed by atoms with Gasteiger partial charge in [0.1, 0.15) is 11.9 Å². The summed E-state index contributed by atoms with van der Waals surface area (Å²) in [4.78, 5) is 25.1. The topological polar surface area (TPSA) is 178 Å². The van der Waals surface area contributed by atoms with Gasteiger partial charge in [0, 0.05) is 25.5 Å². The molecule has 0 bridgehead atoms. The summed E-state index contributed by atoms with van der Waals surface area (Å²) in [7, 11) is 5.99. The molecule has 14 heteroatoms. The van der Waals surface area contributed by atoms with Crippen LogP contribution in [0, 0.1) is 21.6 Å². The number of hydrogen-bond acceptors (Lipinski definition) is 13. The fraction of sp³-hybridized carbons (Fsp3) is 0.379. The van der Waals surface area contributed by atoms with Crippen molar-refractivity contribution < 1.29 is 28.5 Å². The van der Waals surface area contributed by atoms with Gasteiger partial charge in [-0.05, 0) is 47.0 Å². The second-order valence-electron chi connectivity index (χ2n) is 8.83. The van der Waals surface area contributed by atoms with Crippen LogP contribution >= 0.6 is 35.3 Å². The Balaban J connectivity index is 1.65. The first-order chi connectivity index (χ1) is 20.6. The molecule has 43 heavy (non-hydrogen) atoms. The van der Waals surface area contributed by atoms with Crippen molar-refractivity contribution in [1.29, 1.82) is 21.6 Å². The van der Waals surface area contributed by atoms with E-state index in [0.717, 1.165) is 23.5 Å². The predicted octanol–water partition coefficient (Wildman–Crippen LogP) is 5.56. The van der Waals surface area contributed by atoms with Crippen molar-refractivity contribution in [3.8, 4) is 17.2 Å². The molecule has 2 rings (SSSR count). The van der Waals surface area contributed by atoms with Crippen molar-refractivity contribution in [2.75, 3.05) is 39.9 Å². The number of para-hydroxylation sites is 1. The van der Waals surface area contributed by atoms with Gasteiger partial charge in [0.25, 0.3) is 0 Å². The number of hydrogen-bond donors (Lipinski definition) is 5. The number of rotatable bonds is 16. The van der Waals surface area contributed by atoms with E-state index in [1.165, 1.54) is 21.3 Å². The third kappa shape index (κ3) is 12.4. The van der Waals surface area contributed by atoms with Crippen LogP contribution in [-0.2, 0) is 20.7 Å². The lowest BCUT2D eigenvalue weighted by atomic mass is 10.0. The van der Waals surface area contributed by atoms with Crippen LogP contribution in [0.1, 0.15) is 36.5 Å². The van der Waals surface area contributed by atoms with Gasteiger partial charge in [-0.1, -0.05) is 36.0 Å². The first kappa shape index (κ1) is 35.9. The van der Waals surface area contributed by atoms with Gasteiger partial charge in [-0.3, -0.25) is 31.2 Å². The van der Waals surface area contributed by atoms with Crippen molar-refractivity contribution in [2.24, 2.45) is 0 Å². The van der Waals surface area contributed by atoms with E-state index < -0.39 is 12.0 Å². The van der Waals surface area contributed by atoms with Crippen LogP contribution in [0.4, 0.5) is 0 Å². The van der Waals surface area contributed by atoms with Crippen LogP contribution in [-0.4, -0.2) is 71.9 Å². The summed E-state index contributed by atoms with van der Waals surface area (Å²) in [5.41, 5.74) is 1.27. The summed E-state index contributed by atoms with van der Waals surface area (Å²) in [6.45, 7) is 0. The number of amidine groups is 1. The van der Waals surface area contributed by atoms with E-state index in [0.29, 0.717) is 52.7 Å². The number of carbonyl (C=O) groups is 2. The third-order valence-electron chi connectivity index (χ3n) is 5.77. The number of amides is 1. The highest BCUT2D eigenvalue weighted by atomic mass is 32.2. The summed E-state index contributed by atoms with van der Waals surface area (Å²) in [5.74, 6) is 2.14.